The Balaban J connectivity index is 1.40. The molecule has 0 unspecified atom stereocenters. The molecule has 7 nitrogen and oxygen atoms in total. The molecule has 0 radical (unpaired) electrons. The minimum Gasteiger partial charge on any atom is -0.467 e. The van der Waals surface area contributed by atoms with Crippen molar-refractivity contribution >= 4 is 29.3 Å². The first-order valence-electron chi connectivity index (χ1n) is 8.72. The van der Waals surface area contributed by atoms with Gasteiger partial charge in [0.25, 0.3) is 5.22 Å². The van der Waals surface area contributed by atoms with Crippen molar-refractivity contribution in [2.75, 3.05) is 5.75 Å². The molecule has 0 aliphatic heterocycles. The van der Waals surface area contributed by atoms with Gasteiger partial charge in [0.15, 0.2) is 0 Å². The Morgan fingerprint density at radius 3 is 2.21 bits per heavy atom. The Morgan fingerprint density at radius 1 is 0.966 bits per heavy atom. The maximum atomic E-state index is 12.8. The highest BCUT2D eigenvalue weighted by atomic mass is 35.5. The quantitative estimate of drug-likeness (QED) is 0.368. The molecule has 148 valence electrons. The number of hydrogen-bond acceptors (Lipinski definition) is 7. The van der Waals surface area contributed by atoms with Crippen LogP contribution in [0.3, 0.4) is 0 Å². The highest BCUT2D eigenvalue weighted by Crippen LogP contribution is 2.25. The van der Waals surface area contributed by atoms with Crippen molar-refractivity contribution in [3.63, 3.8) is 0 Å². The molecule has 0 N–H and O–H groups in total. The predicted molar refractivity (Wildman–Crippen MR) is 107 cm³/mol. The molecule has 9 heteroatoms. The molecule has 1 aromatic carbocycles. The normalized spacial score (nSPS) is 10.9. The Kier molecular flexibility index (Phi) is 6.02. The summed E-state index contributed by atoms with van der Waals surface area (Å²) in [4.78, 5) is 14.5. The van der Waals surface area contributed by atoms with E-state index in [-0.39, 0.29) is 11.7 Å². The fourth-order valence-corrected chi connectivity index (χ4v) is 3.40. The third-order valence-electron chi connectivity index (χ3n) is 4.02. The number of carbonyl (C=O) groups excluding carboxylic acids is 1. The SMILES string of the molecule is O=C(CSc1nnc(-c2ccc(Cl)cc2)o1)N(Cc1ccco1)Cc1ccco1. The van der Waals surface area contributed by atoms with E-state index in [4.69, 9.17) is 24.9 Å². The molecule has 29 heavy (non-hydrogen) atoms. The van der Waals surface area contributed by atoms with E-state index >= 15 is 0 Å². The smallest absolute Gasteiger partial charge is 0.277 e. The van der Waals surface area contributed by atoms with Gasteiger partial charge in [-0.2, -0.15) is 0 Å². The van der Waals surface area contributed by atoms with Crippen molar-refractivity contribution in [2.45, 2.75) is 18.3 Å². The van der Waals surface area contributed by atoms with Gasteiger partial charge in [0.1, 0.15) is 11.5 Å². The van der Waals surface area contributed by atoms with E-state index in [1.165, 1.54) is 11.8 Å². The summed E-state index contributed by atoms with van der Waals surface area (Å²) in [6.45, 7) is 0.680. The predicted octanol–water partition coefficient (Wildman–Crippen LogP) is 4.90. The van der Waals surface area contributed by atoms with Gasteiger partial charge in [-0.15, -0.1) is 10.2 Å². The lowest BCUT2D eigenvalue weighted by molar-refractivity contribution is -0.130. The molecule has 3 aromatic heterocycles. The molecule has 0 spiro atoms. The molecule has 0 fully saturated rings. The zero-order valence-electron chi connectivity index (χ0n) is 15.2. The molecule has 0 bridgehead atoms. The Labute approximate surface area is 175 Å². The first-order chi connectivity index (χ1) is 14.2. The van der Waals surface area contributed by atoms with Crippen molar-refractivity contribution in [1.29, 1.82) is 0 Å². The maximum Gasteiger partial charge on any atom is 0.277 e. The summed E-state index contributed by atoms with van der Waals surface area (Å²) in [5.74, 6) is 1.80. The van der Waals surface area contributed by atoms with Gasteiger partial charge < -0.3 is 18.2 Å². The second kappa shape index (κ2) is 9.02. The Bertz CT molecular complexity index is 1010. The number of benzene rings is 1. The fourth-order valence-electron chi connectivity index (χ4n) is 2.61. The van der Waals surface area contributed by atoms with Crippen LogP contribution in [0.4, 0.5) is 0 Å². The van der Waals surface area contributed by atoms with Crippen LogP contribution >= 0.6 is 23.4 Å². The van der Waals surface area contributed by atoms with Crippen LogP contribution in [0.1, 0.15) is 11.5 Å². The van der Waals surface area contributed by atoms with Gasteiger partial charge in [0.2, 0.25) is 11.8 Å². The lowest BCUT2D eigenvalue weighted by atomic mass is 10.2. The summed E-state index contributed by atoms with van der Waals surface area (Å²) in [5.41, 5.74) is 0.761. The molecule has 0 saturated heterocycles. The van der Waals surface area contributed by atoms with Crippen LogP contribution in [0.15, 0.2) is 79.5 Å². The van der Waals surface area contributed by atoms with Crippen molar-refractivity contribution in [1.82, 2.24) is 15.1 Å². The minimum atomic E-state index is -0.103. The van der Waals surface area contributed by atoms with Gasteiger partial charge in [0.05, 0.1) is 31.4 Å². The van der Waals surface area contributed by atoms with Gasteiger partial charge in [0, 0.05) is 10.6 Å². The number of amides is 1. The van der Waals surface area contributed by atoms with Crippen molar-refractivity contribution in [3.8, 4) is 11.5 Å². The van der Waals surface area contributed by atoms with Crippen LogP contribution in [0, 0.1) is 0 Å². The summed E-state index contributed by atoms with van der Waals surface area (Å²) in [5, 5.41) is 8.97. The van der Waals surface area contributed by atoms with E-state index in [1.807, 2.05) is 12.1 Å². The van der Waals surface area contributed by atoms with E-state index in [1.54, 1.807) is 53.8 Å². The molecule has 0 aliphatic rings. The zero-order valence-corrected chi connectivity index (χ0v) is 16.7. The van der Waals surface area contributed by atoms with E-state index < -0.39 is 0 Å². The number of thioether (sulfide) groups is 1. The fraction of sp³-hybridized carbons (Fsp3) is 0.150. The number of furan rings is 2. The lowest BCUT2D eigenvalue weighted by Crippen LogP contribution is -2.31. The Morgan fingerprint density at radius 2 is 1.62 bits per heavy atom. The molecule has 4 aromatic rings. The molecule has 0 aliphatic carbocycles. The van der Waals surface area contributed by atoms with Crippen molar-refractivity contribution < 1.29 is 18.0 Å². The number of rotatable bonds is 8. The molecular weight excluding hydrogens is 414 g/mol. The first-order valence-corrected chi connectivity index (χ1v) is 10.1. The van der Waals surface area contributed by atoms with Crippen LogP contribution in [0.5, 0.6) is 0 Å². The van der Waals surface area contributed by atoms with E-state index in [2.05, 4.69) is 10.2 Å². The van der Waals surface area contributed by atoms with Gasteiger partial charge in [-0.25, -0.2) is 0 Å². The van der Waals surface area contributed by atoms with Crippen LogP contribution in [0.2, 0.25) is 5.02 Å². The molecule has 4 rings (SSSR count). The first kappa shape index (κ1) is 19.4. The lowest BCUT2D eigenvalue weighted by Gasteiger charge is -2.20. The highest BCUT2D eigenvalue weighted by molar-refractivity contribution is 7.99. The van der Waals surface area contributed by atoms with E-state index in [9.17, 15) is 4.79 Å². The van der Waals surface area contributed by atoms with E-state index in [0.29, 0.717) is 40.7 Å². The number of aromatic nitrogens is 2. The van der Waals surface area contributed by atoms with Gasteiger partial charge >= 0.3 is 0 Å². The topological polar surface area (TPSA) is 85.5 Å². The number of nitrogens with zero attached hydrogens (tertiary/aromatic N) is 3. The van der Waals surface area contributed by atoms with Crippen molar-refractivity contribution in [2.24, 2.45) is 0 Å². The zero-order chi connectivity index (χ0) is 20.1. The second-order valence-corrected chi connectivity index (χ2v) is 7.44. The van der Waals surface area contributed by atoms with Gasteiger partial charge in [-0.05, 0) is 48.5 Å². The molecule has 3 heterocycles. The highest BCUT2D eigenvalue weighted by Gasteiger charge is 2.19. The summed E-state index contributed by atoms with van der Waals surface area (Å²) >= 11 is 7.08. The average molecular weight is 430 g/mol. The number of halogens is 1. The summed E-state index contributed by atoms with van der Waals surface area (Å²) in [7, 11) is 0. The number of carbonyl (C=O) groups is 1. The summed E-state index contributed by atoms with van der Waals surface area (Å²) in [6.07, 6.45) is 3.16. The van der Waals surface area contributed by atoms with Crippen LogP contribution in [-0.2, 0) is 17.9 Å². The third kappa shape index (κ3) is 5.10. The van der Waals surface area contributed by atoms with Gasteiger partial charge in [-0.3, -0.25) is 4.79 Å². The second-order valence-electron chi connectivity index (χ2n) is 6.08. The third-order valence-corrected chi connectivity index (χ3v) is 5.08. The maximum absolute atomic E-state index is 12.8. The standard InChI is InChI=1S/C20H16ClN3O4S/c21-15-7-5-14(6-8-15)19-22-23-20(28-19)29-13-18(25)24(11-16-3-1-9-26-16)12-17-4-2-10-27-17/h1-10H,11-13H2. The van der Waals surface area contributed by atoms with Crippen LogP contribution in [-0.4, -0.2) is 26.8 Å². The Hall–Kier alpha value is -2.97. The average Bonchev–Trinajstić information content (AvgIpc) is 3.49. The van der Waals surface area contributed by atoms with E-state index in [0.717, 1.165) is 5.56 Å². The molecule has 1 amide bonds. The number of hydrogen-bond donors (Lipinski definition) is 0. The van der Waals surface area contributed by atoms with Crippen LogP contribution in [0.25, 0.3) is 11.5 Å². The van der Waals surface area contributed by atoms with Crippen molar-refractivity contribution in [3.05, 3.63) is 77.6 Å². The molecule has 0 atom stereocenters. The summed E-state index contributed by atoms with van der Waals surface area (Å²) in [6, 6.07) is 14.3. The minimum absolute atomic E-state index is 0.103. The van der Waals surface area contributed by atoms with Crippen LogP contribution < -0.4 is 0 Å². The molecular formula is C20H16ClN3O4S. The summed E-state index contributed by atoms with van der Waals surface area (Å²) < 4.78 is 16.4. The van der Waals surface area contributed by atoms with Gasteiger partial charge in [-0.1, -0.05) is 23.4 Å². The largest absolute Gasteiger partial charge is 0.467 e. The monoisotopic (exact) mass is 429 g/mol. The molecule has 0 saturated carbocycles.